The third-order valence-corrected chi connectivity index (χ3v) is 5.62. The molecule has 0 aliphatic carbocycles. The molecule has 0 spiro atoms. The molecule has 0 radical (unpaired) electrons. The number of hydrogen-bond acceptors (Lipinski definition) is 5. The Morgan fingerprint density at radius 3 is 2.56 bits per heavy atom. The van der Waals surface area contributed by atoms with Crippen molar-refractivity contribution in [3.63, 3.8) is 0 Å². The number of nitrogens with zero attached hydrogens (tertiary/aromatic N) is 3. The summed E-state index contributed by atoms with van der Waals surface area (Å²) in [6.07, 6.45) is 4.93. The average Bonchev–Trinajstić information content (AvgIpc) is 3.19. The number of H-pyrrole nitrogens is 1. The molecule has 0 unspecified atom stereocenters. The number of halogens is 2. The lowest BCUT2D eigenvalue weighted by atomic mass is 9.93. The number of amides is 1. The molecule has 1 aliphatic rings. The summed E-state index contributed by atoms with van der Waals surface area (Å²) in [7, 11) is 1.99. The van der Waals surface area contributed by atoms with E-state index in [0.29, 0.717) is 0 Å². The van der Waals surface area contributed by atoms with Crippen LogP contribution in [-0.2, 0) is 5.75 Å². The maximum atomic E-state index is 12.7. The number of benzene rings is 1. The van der Waals surface area contributed by atoms with Gasteiger partial charge in [0, 0.05) is 24.4 Å². The fraction of sp³-hybridized carbons (Fsp3) is 0.500. The number of aromatic amines is 1. The average molecular weight is 432 g/mol. The topological polar surface area (TPSA) is 73.9 Å². The molecular formula is C18H27Cl2N5OS. The molecule has 2 aromatic rings. The number of hydrogen-bond donors (Lipinski definition) is 2. The molecule has 1 fully saturated rings. The number of carbonyl (C=O) groups is 1. The fourth-order valence-electron chi connectivity index (χ4n) is 3.11. The molecule has 1 aromatic heterocycles. The van der Waals surface area contributed by atoms with Crippen LogP contribution in [0.5, 0.6) is 0 Å². The molecule has 0 bridgehead atoms. The first-order valence-electron chi connectivity index (χ1n) is 8.77. The Morgan fingerprint density at radius 1 is 1.26 bits per heavy atom. The van der Waals surface area contributed by atoms with Crippen molar-refractivity contribution in [3.05, 3.63) is 41.7 Å². The number of thioether (sulfide) groups is 1. The Labute approximate surface area is 177 Å². The van der Waals surface area contributed by atoms with Gasteiger partial charge in [0.05, 0.1) is 0 Å². The first kappa shape index (κ1) is 23.8. The minimum Gasteiger partial charge on any atom is -0.339 e. The predicted octanol–water partition coefficient (Wildman–Crippen LogP) is 3.40. The minimum absolute atomic E-state index is 0. The van der Waals surface area contributed by atoms with Crippen LogP contribution in [0.15, 0.2) is 35.7 Å². The molecule has 2 heterocycles. The molecule has 3 rings (SSSR count). The van der Waals surface area contributed by atoms with E-state index in [9.17, 15) is 4.79 Å². The van der Waals surface area contributed by atoms with Crippen molar-refractivity contribution in [3.8, 4) is 0 Å². The van der Waals surface area contributed by atoms with Gasteiger partial charge in [-0.3, -0.25) is 9.89 Å². The second-order valence-electron chi connectivity index (χ2n) is 6.40. The molecule has 1 aromatic carbocycles. The van der Waals surface area contributed by atoms with Crippen LogP contribution in [0.25, 0.3) is 0 Å². The Hall–Kier alpha value is -1.28. The van der Waals surface area contributed by atoms with Gasteiger partial charge in [0.25, 0.3) is 5.91 Å². The maximum absolute atomic E-state index is 12.7. The fourth-order valence-corrected chi connectivity index (χ4v) is 3.85. The quantitative estimate of drug-likeness (QED) is 0.656. The van der Waals surface area contributed by atoms with E-state index in [4.69, 9.17) is 0 Å². The van der Waals surface area contributed by atoms with Gasteiger partial charge in [0.15, 0.2) is 5.16 Å². The highest BCUT2D eigenvalue weighted by Gasteiger charge is 2.23. The van der Waals surface area contributed by atoms with E-state index in [1.165, 1.54) is 18.3 Å². The predicted molar refractivity (Wildman–Crippen MR) is 114 cm³/mol. The Bertz CT molecular complexity index is 661. The normalized spacial score (nSPS) is 14.3. The van der Waals surface area contributed by atoms with Crippen molar-refractivity contribution < 1.29 is 4.79 Å². The summed E-state index contributed by atoms with van der Waals surface area (Å²) < 4.78 is 0. The standard InChI is InChI=1S/C18H25N5OS.2ClH/c1-19-9-6-14-7-10-23(11-8-14)17(24)16-4-2-15(3-5-16)12-25-18-20-13-21-22-18;;/h2-5,13-14,19H,6-12H2,1H3,(H,20,21,22);2*1H. The highest BCUT2D eigenvalue weighted by Crippen LogP contribution is 2.22. The van der Waals surface area contributed by atoms with E-state index >= 15 is 0 Å². The van der Waals surface area contributed by atoms with E-state index in [-0.39, 0.29) is 30.7 Å². The van der Waals surface area contributed by atoms with Crippen molar-refractivity contribution >= 4 is 42.5 Å². The Balaban J connectivity index is 0.00000182. The number of piperidine rings is 1. The van der Waals surface area contributed by atoms with E-state index in [1.807, 2.05) is 36.2 Å². The lowest BCUT2D eigenvalue weighted by molar-refractivity contribution is 0.0687. The van der Waals surface area contributed by atoms with Gasteiger partial charge in [0.1, 0.15) is 6.33 Å². The van der Waals surface area contributed by atoms with Crippen LogP contribution < -0.4 is 5.32 Å². The zero-order valence-corrected chi connectivity index (χ0v) is 17.8. The minimum atomic E-state index is 0. The van der Waals surface area contributed by atoms with Gasteiger partial charge < -0.3 is 10.2 Å². The summed E-state index contributed by atoms with van der Waals surface area (Å²) >= 11 is 1.60. The monoisotopic (exact) mass is 431 g/mol. The van der Waals surface area contributed by atoms with Crippen molar-refractivity contribution in [2.75, 3.05) is 26.7 Å². The van der Waals surface area contributed by atoms with Crippen LogP contribution in [0.4, 0.5) is 0 Å². The third kappa shape index (κ3) is 6.99. The molecule has 0 saturated carbocycles. The van der Waals surface area contributed by atoms with Crippen LogP contribution in [0.2, 0.25) is 0 Å². The summed E-state index contributed by atoms with van der Waals surface area (Å²) in [5, 5.41) is 10.7. The van der Waals surface area contributed by atoms with Crippen LogP contribution >= 0.6 is 36.6 Å². The summed E-state index contributed by atoms with van der Waals surface area (Å²) in [6, 6.07) is 7.92. The highest BCUT2D eigenvalue weighted by molar-refractivity contribution is 7.98. The largest absolute Gasteiger partial charge is 0.339 e. The molecule has 1 saturated heterocycles. The number of likely N-dealkylation sites (tertiary alicyclic amines) is 1. The second kappa shape index (κ2) is 12.2. The number of rotatable bonds is 7. The van der Waals surface area contributed by atoms with Crippen molar-refractivity contribution in [1.82, 2.24) is 25.4 Å². The molecule has 6 nitrogen and oxygen atoms in total. The summed E-state index contributed by atoms with van der Waals surface area (Å²) in [6.45, 7) is 2.80. The van der Waals surface area contributed by atoms with Crippen LogP contribution in [0, 0.1) is 5.92 Å². The highest BCUT2D eigenvalue weighted by atomic mass is 35.5. The van der Waals surface area contributed by atoms with E-state index in [0.717, 1.165) is 54.9 Å². The molecule has 1 amide bonds. The molecule has 0 atom stereocenters. The van der Waals surface area contributed by atoms with Crippen LogP contribution in [0.1, 0.15) is 35.2 Å². The summed E-state index contributed by atoms with van der Waals surface area (Å²) in [4.78, 5) is 18.8. The van der Waals surface area contributed by atoms with Gasteiger partial charge in [-0.25, -0.2) is 4.98 Å². The van der Waals surface area contributed by atoms with E-state index in [2.05, 4.69) is 20.5 Å². The summed E-state index contributed by atoms with van der Waals surface area (Å²) in [5.74, 6) is 1.70. The first-order chi connectivity index (χ1) is 12.3. The molecule has 9 heteroatoms. The molecule has 27 heavy (non-hydrogen) atoms. The zero-order chi connectivity index (χ0) is 17.5. The SMILES string of the molecule is CNCCC1CCN(C(=O)c2ccc(CSc3ncn[nH]3)cc2)CC1.Cl.Cl. The Morgan fingerprint density at radius 2 is 1.96 bits per heavy atom. The van der Waals surface area contributed by atoms with Crippen molar-refractivity contribution in [2.24, 2.45) is 5.92 Å². The first-order valence-corrected chi connectivity index (χ1v) is 9.76. The Kier molecular flexibility index (Phi) is 10.8. The molecule has 150 valence electrons. The molecule has 1 aliphatic heterocycles. The molecule has 2 N–H and O–H groups in total. The summed E-state index contributed by atoms with van der Waals surface area (Å²) in [5.41, 5.74) is 1.95. The number of aromatic nitrogens is 3. The lowest BCUT2D eigenvalue weighted by Crippen LogP contribution is -2.38. The zero-order valence-electron chi connectivity index (χ0n) is 15.4. The van der Waals surface area contributed by atoms with E-state index in [1.54, 1.807) is 11.8 Å². The maximum Gasteiger partial charge on any atom is 0.253 e. The van der Waals surface area contributed by atoms with E-state index < -0.39 is 0 Å². The third-order valence-electron chi connectivity index (χ3n) is 4.67. The van der Waals surface area contributed by atoms with Crippen molar-refractivity contribution in [1.29, 1.82) is 0 Å². The second-order valence-corrected chi connectivity index (χ2v) is 7.37. The smallest absolute Gasteiger partial charge is 0.253 e. The van der Waals surface area contributed by atoms with Crippen LogP contribution in [0.3, 0.4) is 0 Å². The van der Waals surface area contributed by atoms with Gasteiger partial charge in [-0.05, 0) is 56.5 Å². The van der Waals surface area contributed by atoms with Gasteiger partial charge >= 0.3 is 0 Å². The van der Waals surface area contributed by atoms with Gasteiger partial charge in [-0.2, -0.15) is 5.10 Å². The lowest BCUT2D eigenvalue weighted by Gasteiger charge is -2.32. The van der Waals surface area contributed by atoms with Crippen LogP contribution in [-0.4, -0.2) is 52.7 Å². The number of carbonyl (C=O) groups excluding carboxylic acids is 1. The number of nitrogens with one attached hydrogen (secondary N) is 2. The van der Waals surface area contributed by atoms with Gasteiger partial charge in [0.2, 0.25) is 0 Å². The van der Waals surface area contributed by atoms with Gasteiger partial charge in [-0.15, -0.1) is 24.8 Å². The van der Waals surface area contributed by atoms with Crippen molar-refractivity contribution in [2.45, 2.75) is 30.2 Å². The molecular weight excluding hydrogens is 405 g/mol. The van der Waals surface area contributed by atoms with Gasteiger partial charge in [-0.1, -0.05) is 23.9 Å².